The molecule has 0 aromatic heterocycles. The zero-order valence-corrected chi connectivity index (χ0v) is 10.6. The maximum atomic E-state index is 5.61. The van der Waals surface area contributed by atoms with Gasteiger partial charge in [0, 0.05) is 0 Å². The van der Waals surface area contributed by atoms with Crippen LogP contribution in [0.15, 0.2) is 29.3 Å². The third-order valence-corrected chi connectivity index (χ3v) is 4.23. The van der Waals surface area contributed by atoms with Crippen molar-refractivity contribution in [2.75, 3.05) is 6.61 Å². The van der Waals surface area contributed by atoms with Crippen LogP contribution >= 0.6 is 0 Å². The predicted molar refractivity (Wildman–Crippen MR) is 64.0 cm³/mol. The van der Waals surface area contributed by atoms with E-state index in [1.54, 1.807) is 0 Å². The van der Waals surface area contributed by atoms with Crippen molar-refractivity contribution in [3.05, 3.63) is 29.8 Å². The summed E-state index contributed by atoms with van der Waals surface area (Å²) in [5.74, 6) is 0. The summed E-state index contributed by atoms with van der Waals surface area (Å²) >= 11 is 0.432. The summed E-state index contributed by atoms with van der Waals surface area (Å²) in [6.45, 7) is 2.93. The molecule has 15 heavy (non-hydrogen) atoms. The molecule has 0 radical (unpaired) electrons. The first-order valence-corrected chi connectivity index (χ1v) is 7.32. The molecule has 1 aromatic rings. The van der Waals surface area contributed by atoms with Crippen molar-refractivity contribution in [1.29, 1.82) is 0 Å². The topological polar surface area (TPSA) is 21.6 Å². The SMILES string of the molecule is Cc1ccc(N=C2OCCCC[Se]2)cc1. The van der Waals surface area contributed by atoms with Crippen LogP contribution in [0.25, 0.3) is 0 Å². The Kier molecular flexibility index (Phi) is 3.81. The van der Waals surface area contributed by atoms with Crippen molar-refractivity contribution in [1.82, 2.24) is 0 Å². The van der Waals surface area contributed by atoms with Gasteiger partial charge in [-0.2, -0.15) is 0 Å². The first kappa shape index (κ1) is 10.7. The van der Waals surface area contributed by atoms with Crippen molar-refractivity contribution in [2.45, 2.75) is 25.1 Å². The molecule has 0 bridgehead atoms. The molecule has 80 valence electrons. The molecule has 3 heteroatoms. The number of benzene rings is 1. The summed E-state index contributed by atoms with van der Waals surface area (Å²) in [5, 5.41) is 1.26. The van der Waals surface area contributed by atoms with Crippen molar-refractivity contribution < 1.29 is 4.74 Å². The Morgan fingerprint density at radius 2 is 2.00 bits per heavy atom. The summed E-state index contributed by atoms with van der Waals surface area (Å²) in [5.41, 5.74) is 2.28. The van der Waals surface area contributed by atoms with E-state index < -0.39 is 0 Å². The molecule has 1 fully saturated rings. The molecule has 1 aliphatic rings. The summed E-state index contributed by atoms with van der Waals surface area (Å²) < 4.78 is 5.61. The fourth-order valence-corrected chi connectivity index (χ4v) is 3.16. The molecule has 0 unspecified atom stereocenters. The van der Waals surface area contributed by atoms with Gasteiger partial charge in [-0.1, -0.05) is 0 Å². The second kappa shape index (κ2) is 5.34. The van der Waals surface area contributed by atoms with Crippen LogP contribution < -0.4 is 0 Å². The average molecular weight is 268 g/mol. The zero-order valence-electron chi connectivity index (χ0n) is 8.90. The quantitative estimate of drug-likeness (QED) is 0.718. The van der Waals surface area contributed by atoms with Crippen molar-refractivity contribution in [2.24, 2.45) is 4.99 Å². The molecular weight excluding hydrogens is 253 g/mol. The molecule has 0 N–H and O–H groups in total. The van der Waals surface area contributed by atoms with Gasteiger partial charge in [0.2, 0.25) is 0 Å². The number of hydrogen-bond acceptors (Lipinski definition) is 2. The molecule has 2 nitrogen and oxygen atoms in total. The van der Waals surface area contributed by atoms with Gasteiger partial charge in [0.25, 0.3) is 0 Å². The van der Waals surface area contributed by atoms with Crippen LogP contribution in [-0.4, -0.2) is 26.4 Å². The minimum atomic E-state index is 0.432. The number of hydrogen-bond donors (Lipinski definition) is 0. The molecule has 0 atom stereocenters. The number of aryl methyl sites for hydroxylation is 1. The van der Waals surface area contributed by atoms with Crippen LogP contribution in [0.1, 0.15) is 18.4 Å². The fraction of sp³-hybridized carbons (Fsp3) is 0.417. The summed E-state index contributed by atoms with van der Waals surface area (Å²) in [7, 11) is 0. The van der Waals surface area contributed by atoms with Gasteiger partial charge in [0.1, 0.15) is 0 Å². The average Bonchev–Trinajstić information content (AvgIpc) is 2.50. The molecule has 1 aliphatic heterocycles. The third kappa shape index (κ3) is 3.36. The van der Waals surface area contributed by atoms with E-state index in [0.717, 1.165) is 17.1 Å². The normalized spacial score (nSPS) is 19.7. The summed E-state index contributed by atoms with van der Waals surface area (Å²) in [6.07, 6.45) is 2.46. The van der Waals surface area contributed by atoms with Gasteiger partial charge in [-0.25, -0.2) is 0 Å². The molecular formula is C12H15NOSe. The second-order valence-electron chi connectivity index (χ2n) is 3.62. The van der Waals surface area contributed by atoms with Gasteiger partial charge in [-0.05, 0) is 0 Å². The van der Waals surface area contributed by atoms with E-state index in [1.807, 2.05) is 12.1 Å². The Balaban J connectivity index is 2.10. The molecule has 1 saturated heterocycles. The molecule has 0 saturated carbocycles. The number of nitrogens with zero attached hydrogens (tertiary/aromatic N) is 1. The number of ether oxygens (including phenoxy) is 1. The van der Waals surface area contributed by atoms with Crippen LogP contribution in [0.4, 0.5) is 5.69 Å². The van der Waals surface area contributed by atoms with Gasteiger partial charge >= 0.3 is 96.7 Å². The molecule has 0 spiro atoms. The Hall–Kier alpha value is -0.791. The standard InChI is InChI=1S/C12H15NOSe/c1-10-4-6-11(7-5-10)13-12-14-8-2-3-9-15-12/h4-7H,2-3,8-9H2,1H3. The van der Waals surface area contributed by atoms with E-state index in [9.17, 15) is 0 Å². The summed E-state index contributed by atoms with van der Waals surface area (Å²) in [6, 6.07) is 8.27. The fourth-order valence-electron chi connectivity index (χ4n) is 1.35. The monoisotopic (exact) mass is 269 g/mol. The van der Waals surface area contributed by atoms with Crippen LogP contribution in [0, 0.1) is 6.92 Å². The second-order valence-corrected chi connectivity index (χ2v) is 5.81. The van der Waals surface area contributed by atoms with Crippen molar-refractivity contribution >= 4 is 25.4 Å². The van der Waals surface area contributed by atoms with E-state index >= 15 is 0 Å². The Morgan fingerprint density at radius 1 is 1.20 bits per heavy atom. The molecule has 0 amide bonds. The Morgan fingerprint density at radius 3 is 2.80 bits per heavy atom. The van der Waals surface area contributed by atoms with Crippen LogP contribution in [0.5, 0.6) is 0 Å². The minimum absolute atomic E-state index is 0.432. The maximum absolute atomic E-state index is 5.61. The van der Waals surface area contributed by atoms with E-state index in [-0.39, 0.29) is 0 Å². The molecule has 1 aromatic carbocycles. The van der Waals surface area contributed by atoms with Gasteiger partial charge in [0.05, 0.1) is 0 Å². The Bertz CT molecular complexity index is 335. The van der Waals surface area contributed by atoms with Gasteiger partial charge in [-0.15, -0.1) is 0 Å². The third-order valence-electron chi connectivity index (χ3n) is 2.24. The van der Waals surface area contributed by atoms with Gasteiger partial charge < -0.3 is 0 Å². The number of rotatable bonds is 1. The summed E-state index contributed by atoms with van der Waals surface area (Å²) in [4.78, 5) is 5.50. The van der Waals surface area contributed by atoms with Crippen molar-refractivity contribution in [3.8, 4) is 0 Å². The van der Waals surface area contributed by atoms with Gasteiger partial charge in [0.15, 0.2) is 0 Å². The zero-order chi connectivity index (χ0) is 10.5. The number of aliphatic imine (C=N–C) groups is 1. The first-order chi connectivity index (χ1) is 7.34. The molecule has 1 heterocycles. The van der Waals surface area contributed by atoms with Crippen molar-refractivity contribution in [3.63, 3.8) is 0 Å². The van der Waals surface area contributed by atoms with Crippen LogP contribution in [-0.2, 0) is 4.74 Å². The van der Waals surface area contributed by atoms with E-state index in [2.05, 4.69) is 24.0 Å². The van der Waals surface area contributed by atoms with E-state index in [0.29, 0.717) is 15.0 Å². The predicted octanol–water partition coefficient (Wildman–Crippen LogP) is 2.92. The van der Waals surface area contributed by atoms with Gasteiger partial charge in [-0.3, -0.25) is 0 Å². The van der Waals surface area contributed by atoms with E-state index in [1.165, 1.54) is 23.7 Å². The van der Waals surface area contributed by atoms with Crippen LogP contribution in [0.2, 0.25) is 5.32 Å². The Labute approximate surface area is 96.9 Å². The molecule has 2 rings (SSSR count). The first-order valence-electron chi connectivity index (χ1n) is 5.25. The molecule has 0 aliphatic carbocycles. The van der Waals surface area contributed by atoms with Crippen LogP contribution in [0.3, 0.4) is 0 Å². The van der Waals surface area contributed by atoms with E-state index in [4.69, 9.17) is 4.74 Å².